The molecule has 0 atom stereocenters. The molecule has 0 aliphatic carbocycles. The maximum Gasteiger partial charge on any atom is 0.270 e. The highest BCUT2D eigenvalue weighted by atomic mass is 16.2. The molecule has 0 fully saturated rings. The van der Waals surface area contributed by atoms with Crippen LogP contribution in [0.25, 0.3) is 0 Å². The van der Waals surface area contributed by atoms with Gasteiger partial charge in [-0.05, 0) is 36.4 Å². The van der Waals surface area contributed by atoms with Crippen LogP contribution < -0.4 is 16.2 Å². The van der Waals surface area contributed by atoms with E-state index in [0.29, 0.717) is 11.4 Å². The molecule has 2 rings (SSSR count). The van der Waals surface area contributed by atoms with E-state index in [0.717, 1.165) is 4.90 Å². The van der Waals surface area contributed by atoms with Gasteiger partial charge >= 0.3 is 0 Å². The topological polar surface area (TPSA) is 85.4 Å². The quantitative estimate of drug-likeness (QED) is 0.839. The minimum absolute atomic E-state index is 0.0629. The fraction of sp³-hybridized carbons (Fsp3) is 0.133. The van der Waals surface area contributed by atoms with Gasteiger partial charge in [0, 0.05) is 25.9 Å². The molecule has 2 amide bonds. The van der Waals surface area contributed by atoms with Gasteiger partial charge in [0.1, 0.15) is 5.56 Å². The van der Waals surface area contributed by atoms with Crippen LogP contribution in [0.3, 0.4) is 0 Å². The van der Waals surface area contributed by atoms with Crippen LogP contribution in [0.4, 0.5) is 11.4 Å². The van der Waals surface area contributed by atoms with Crippen molar-refractivity contribution in [2.45, 2.75) is 6.92 Å². The Morgan fingerprint density at radius 1 is 1.14 bits per heavy atom. The van der Waals surface area contributed by atoms with Crippen LogP contribution in [0.5, 0.6) is 0 Å². The van der Waals surface area contributed by atoms with E-state index in [1.54, 1.807) is 43.6 Å². The first kappa shape index (κ1) is 14.5. The molecule has 108 valence electrons. The van der Waals surface area contributed by atoms with Gasteiger partial charge in [-0.3, -0.25) is 14.4 Å². The van der Waals surface area contributed by atoms with Crippen LogP contribution in [-0.4, -0.2) is 16.4 Å². The van der Waals surface area contributed by atoms with E-state index < -0.39 is 17.4 Å². The van der Waals surface area contributed by atoms with Gasteiger partial charge in [-0.2, -0.15) is 0 Å². The first-order valence-corrected chi connectivity index (χ1v) is 6.28. The number of hydrogen-bond donors (Lipinski definition) is 1. The highest BCUT2D eigenvalue weighted by Gasteiger charge is 2.24. The summed E-state index contributed by atoms with van der Waals surface area (Å²) in [6, 6.07) is 9.27. The molecule has 0 radical (unpaired) electrons. The molecule has 0 saturated carbocycles. The minimum atomic E-state index is -0.659. The maximum absolute atomic E-state index is 12.5. The lowest BCUT2D eigenvalue weighted by Crippen LogP contribution is -2.39. The molecular weight excluding hydrogens is 270 g/mol. The van der Waals surface area contributed by atoms with E-state index in [4.69, 9.17) is 5.73 Å². The normalized spacial score (nSPS) is 10.2. The second-order valence-corrected chi connectivity index (χ2v) is 4.59. The predicted molar refractivity (Wildman–Crippen MR) is 80.0 cm³/mol. The lowest BCUT2D eigenvalue weighted by Gasteiger charge is -2.19. The number of amides is 2. The Bertz CT molecular complexity index is 748. The van der Waals surface area contributed by atoms with Crippen LogP contribution in [0.2, 0.25) is 0 Å². The molecule has 6 heteroatoms. The number of nitrogens with two attached hydrogens (primary N) is 1. The minimum Gasteiger partial charge on any atom is -0.399 e. The van der Waals surface area contributed by atoms with Gasteiger partial charge in [0.15, 0.2) is 0 Å². The van der Waals surface area contributed by atoms with Crippen molar-refractivity contribution in [1.29, 1.82) is 0 Å². The molecular formula is C15H15N3O3. The molecule has 2 aromatic rings. The van der Waals surface area contributed by atoms with Gasteiger partial charge in [0.2, 0.25) is 5.91 Å². The third kappa shape index (κ3) is 2.84. The molecule has 21 heavy (non-hydrogen) atoms. The van der Waals surface area contributed by atoms with E-state index in [1.165, 1.54) is 17.6 Å². The fourth-order valence-corrected chi connectivity index (χ4v) is 1.95. The third-order valence-electron chi connectivity index (χ3n) is 3.02. The first-order chi connectivity index (χ1) is 9.91. The Morgan fingerprint density at radius 2 is 1.76 bits per heavy atom. The number of pyridine rings is 1. The summed E-state index contributed by atoms with van der Waals surface area (Å²) in [5.41, 5.74) is 5.96. The molecule has 1 aromatic heterocycles. The van der Waals surface area contributed by atoms with Crippen molar-refractivity contribution < 1.29 is 9.59 Å². The zero-order valence-electron chi connectivity index (χ0n) is 11.7. The zero-order chi connectivity index (χ0) is 15.6. The Kier molecular flexibility index (Phi) is 3.89. The molecule has 0 aliphatic rings. The smallest absolute Gasteiger partial charge is 0.270 e. The van der Waals surface area contributed by atoms with Crippen LogP contribution in [0.1, 0.15) is 17.3 Å². The van der Waals surface area contributed by atoms with E-state index >= 15 is 0 Å². The number of carbonyl (C=O) groups excluding carboxylic acids is 2. The van der Waals surface area contributed by atoms with Crippen LogP contribution in [0, 0.1) is 0 Å². The van der Waals surface area contributed by atoms with E-state index in [9.17, 15) is 14.4 Å². The second-order valence-electron chi connectivity index (χ2n) is 4.59. The summed E-state index contributed by atoms with van der Waals surface area (Å²) in [4.78, 5) is 37.3. The summed E-state index contributed by atoms with van der Waals surface area (Å²) >= 11 is 0. The summed E-state index contributed by atoms with van der Waals surface area (Å²) in [5, 5.41) is 0. The number of anilines is 2. The number of hydrogen-bond acceptors (Lipinski definition) is 4. The number of nitrogens with zero attached hydrogens (tertiary/aromatic N) is 2. The number of carbonyl (C=O) groups is 2. The summed E-state index contributed by atoms with van der Waals surface area (Å²) in [6.45, 7) is 1.27. The average Bonchev–Trinajstić information content (AvgIpc) is 2.43. The summed E-state index contributed by atoms with van der Waals surface area (Å²) in [6.07, 6.45) is 1.54. The summed E-state index contributed by atoms with van der Waals surface area (Å²) in [7, 11) is 1.54. The Balaban J connectivity index is 2.50. The van der Waals surface area contributed by atoms with E-state index in [-0.39, 0.29) is 5.56 Å². The Morgan fingerprint density at radius 3 is 2.33 bits per heavy atom. The summed E-state index contributed by atoms with van der Waals surface area (Å²) in [5.74, 6) is -1.14. The van der Waals surface area contributed by atoms with Crippen molar-refractivity contribution in [2.75, 3.05) is 10.6 Å². The molecule has 1 aromatic carbocycles. The third-order valence-corrected chi connectivity index (χ3v) is 3.02. The van der Waals surface area contributed by atoms with Crippen molar-refractivity contribution >= 4 is 23.2 Å². The number of nitrogen functional groups attached to an aromatic ring is 1. The molecule has 6 nitrogen and oxygen atoms in total. The van der Waals surface area contributed by atoms with Gasteiger partial charge in [-0.15, -0.1) is 0 Å². The number of benzene rings is 1. The highest BCUT2D eigenvalue weighted by Crippen LogP contribution is 2.18. The second kappa shape index (κ2) is 5.62. The predicted octanol–water partition coefficient (Wildman–Crippen LogP) is 1.16. The summed E-state index contributed by atoms with van der Waals surface area (Å²) < 4.78 is 1.29. The molecule has 0 saturated heterocycles. The van der Waals surface area contributed by atoms with E-state index in [1.807, 2.05) is 0 Å². The molecule has 2 N–H and O–H groups in total. The average molecular weight is 285 g/mol. The lowest BCUT2D eigenvalue weighted by atomic mass is 10.2. The van der Waals surface area contributed by atoms with Gasteiger partial charge in [-0.25, -0.2) is 4.90 Å². The SMILES string of the molecule is CC(=O)N(C(=O)c1cccn(C)c1=O)c1ccc(N)cc1. The number of imide groups is 1. The van der Waals surface area contributed by atoms with Crippen LogP contribution in [-0.2, 0) is 11.8 Å². The molecule has 0 aliphatic heterocycles. The van der Waals surface area contributed by atoms with Crippen molar-refractivity contribution in [3.05, 3.63) is 58.5 Å². The van der Waals surface area contributed by atoms with Crippen molar-refractivity contribution in [3.8, 4) is 0 Å². The Hall–Kier alpha value is -2.89. The van der Waals surface area contributed by atoms with Crippen LogP contribution >= 0.6 is 0 Å². The van der Waals surface area contributed by atoms with Gasteiger partial charge in [0.25, 0.3) is 11.5 Å². The van der Waals surface area contributed by atoms with Gasteiger partial charge in [-0.1, -0.05) is 0 Å². The lowest BCUT2D eigenvalue weighted by molar-refractivity contribution is -0.115. The monoisotopic (exact) mass is 285 g/mol. The van der Waals surface area contributed by atoms with E-state index in [2.05, 4.69) is 0 Å². The number of aromatic nitrogens is 1. The molecule has 0 unspecified atom stereocenters. The molecule has 0 spiro atoms. The van der Waals surface area contributed by atoms with Gasteiger partial charge < -0.3 is 10.3 Å². The Labute approximate surface area is 121 Å². The molecule has 0 bridgehead atoms. The first-order valence-electron chi connectivity index (χ1n) is 6.28. The number of rotatable bonds is 2. The van der Waals surface area contributed by atoms with Crippen LogP contribution in [0.15, 0.2) is 47.4 Å². The zero-order valence-corrected chi connectivity index (χ0v) is 11.7. The maximum atomic E-state index is 12.5. The number of aryl methyl sites for hydroxylation is 1. The van der Waals surface area contributed by atoms with Crippen molar-refractivity contribution in [2.24, 2.45) is 7.05 Å². The molecule has 1 heterocycles. The largest absolute Gasteiger partial charge is 0.399 e. The van der Waals surface area contributed by atoms with Crippen molar-refractivity contribution in [1.82, 2.24) is 4.57 Å². The van der Waals surface area contributed by atoms with Crippen molar-refractivity contribution in [3.63, 3.8) is 0 Å². The van der Waals surface area contributed by atoms with Gasteiger partial charge in [0.05, 0.1) is 5.69 Å². The highest BCUT2D eigenvalue weighted by molar-refractivity contribution is 6.20. The standard InChI is InChI=1S/C15H15N3O3/c1-10(19)18(12-7-5-11(16)6-8-12)15(21)13-4-3-9-17(2)14(13)20/h3-9H,16H2,1-2H3. The fourth-order valence-electron chi connectivity index (χ4n) is 1.95.